The Bertz CT molecular complexity index is 526. The highest BCUT2D eigenvalue weighted by Crippen LogP contribution is 2.22. The van der Waals surface area contributed by atoms with E-state index >= 15 is 0 Å². The predicted octanol–water partition coefficient (Wildman–Crippen LogP) is 0.326. The van der Waals surface area contributed by atoms with Crippen molar-refractivity contribution in [3.63, 3.8) is 0 Å². The molecule has 2 aromatic rings. The number of aromatic nitrogens is 4. The second-order valence-electron chi connectivity index (χ2n) is 3.16. The van der Waals surface area contributed by atoms with Crippen LogP contribution in [0.3, 0.4) is 0 Å². The molecule has 0 saturated carbocycles. The van der Waals surface area contributed by atoms with Gasteiger partial charge in [0, 0.05) is 17.8 Å². The maximum Gasteiger partial charge on any atom is 0.168 e. The van der Waals surface area contributed by atoms with Crippen molar-refractivity contribution >= 4 is 23.0 Å². The average Bonchev–Trinajstić information content (AvgIpc) is 2.81. The largest absolute Gasteiger partial charge is 0.497 e. The van der Waals surface area contributed by atoms with Gasteiger partial charge in [-0.25, -0.2) is 4.68 Å². The summed E-state index contributed by atoms with van der Waals surface area (Å²) in [5.74, 6) is 0.650. The van der Waals surface area contributed by atoms with Gasteiger partial charge in [0.05, 0.1) is 12.8 Å². The molecule has 0 aliphatic heterocycles. The molecule has 0 saturated heterocycles. The van der Waals surface area contributed by atoms with Crippen molar-refractivity contribution in [1.29, 1.82) is 0 Å². The van der Waals surface area contributed by atoms with E-state index in [-0.39, 0.29) is 5.11 Å². The molecular formula is C9H10N6OS. The van der Waals surface area contributed by atoms with E-state index in [0.29, 0.717) is 11.4 Å². The van der Waals surface area contributed by atoms with Crippen LogP contribution in [-0.4, -0.2) is 32.4 Å². The number of tetrazole rings is 1. The molecule has 0 radical (unpaired) electrons. The van der Waals surface area contributed by atoms with Gasteiger partial charge in [0.15, 0.2) is 5.11 Å². The summed E-state index contributed by atoms with van der Waals surface area (Å²) < 4.78 is 6.68. The molecule has 0 aliphatic rings. The summed E-state index contributed by atoms with van der Waals surface area (Å²) in [4.78, 5) is 0. The molecule has 88 valence electrons. The molecule has 0 aliphatic carbocycles. The summed E-state index contributed by atoms with van der Waals surface area (Å²) in [6.07, 6.45) is 1.49. The number of methoxy groups -OCH3 is 1. The van der Waals surface area contributed by atoms with Crippen molar-refractivity contribution in [1.82, 2.24) is 20.2 Å². The molecule has 17 heavy (non-hydrogen) atoms. The van der Waals surface area contributed by atoms with Gasteiger partial charge in [0.1, 0.15) is 12.1 Å². The Labute approximate surface area is 103 Å². The fraction of sp³-hybridized carbons (Fsp3) is 0.111. The normalized spacial score (nSPS) is 9.94. The minimum atomic E-state index is 0.181. The second kappa shape index (κ2) is 4.74. The number of benzene rings is 1. The van der Waals surface area contributed by atoms with Crippen LogP contribution in [0.5, 0.6) is 5.75 Å². The third kappa shape index (κ3) is 2.67. The van der Waals surface area contributed by atoms with Gasteiger partial charge < -0.3 is 15.8 Å². The number of hydrogen-bond donors (Lipinski definition) is 2. The van der Waals surface area contributed by atoms with Gasteiger partial charge in [-0.2, -0.15) is 0 Å². The van der Waals surface area contributed by atoms with Crippen LogP contribution < -0.4 is 15.8 Å². The molecule has 2 rings (SSSR count). The fourth-order valence-corrected chi connectivity index (χ4v) is 1.45. The summed E-state index contributed by atoms with van der Waals surface area (Å²) >= 11 is 4.78. The highest BCUT2D eigenvalue weighted by Gasteiger charge is 2.04. The summed E-state index contributed by atoms with van der Waals surface area (Å²) in [5, 5.41) is 13.9. The van der Waals surface area contributed by atoms with Crippen LogP contribution in [0.25, 0.3) is 5.69 Å². The number of nitrogens with two attached hydrogens (primary N) is 1. The minimum Gasteiger partial charge on any atom is -0.497 e. The van der Waals surface area contributed by atoms with Crippen LogP contribution in [0.1, 0.15) is 0 Å². The van der Waals surface area contributed by atoms with Crippen LogP contribution in [0.2, 0.25) is 0 Å². The Hall–Kier alpha value is -2.22. The molecule has 0 amide bonds. The first-order valence-electron chi connectivity index (χ1n) is 4.68. The standard InChI is InChI=1S/C9H10N6OS/c1-16-8-3-6(12-9(10)17)2-7(4-8)15-5-11-13-14-15/h2-5H,1H3,(H3,10,12,17). The molecule has 8 heteroatoms. The molecule has 1 aromatic carbocycles. The molecule has 3 N–H and O–H groups in total. The minimum absolute atomic E-state index is 0.181. The first-order valence-corrected chi connectivity index (χ1v) is 5.09. The molecule has 0 bridgehead atoms. The average molecular weight is 250 g/mol. The predicted molar refractivity (Wildman–Crippen MR) is 66.1 cm³/mol. The van der Waals surface area contributed by atoms with E-state index in [0.717, 1.165) is 5.69 Å². The number of nitrogens with one attached hydrogen (secondary N) is 1. The van der Waals surface area contributed by atoms with Crippen molar-refractivity contribution in [2.75, 3.05) is 12.4 Å². The molecule has 0 unspecified atom stereocenters. The number of ether oxygens (including phenoxy) is 1. The molecule has 0 spiro atoms. The van der Waals surface area contributed by atoms with Crippen LogP contribution in [-0.2, 0) is 0 Å². The fourth-order valence-electron chi connectivity index (χ4n) is 1.33. The second-order valence-corrected chi connectivity index (χ2v) is 3.60. The van der Waals surface area contributed by atoms with E-state index in [2.05, 4.69) is 20.8 Å². The molecule has 7 nitrogen and oxygen atoms in total. The maximum atomic E-state index is 5.42. The first kappa shape index (κ1) is 11.3. The molecular weight excluding hydrogens is 240 g/mol. The summed E-state index contributed by atoms with van der Waals surface area (Å²) in [7, 11) is 1.57. The lowest BCUT2D eigenvalue weighted by molar-refractivity contribution is 0.414. The summed E-state index contributed by atoms with van der Waals surface area (Å²) in [5.41, 5.74) is 6.87. The van der Waals surface area contributed by atoms with E-state index in [1.165, 1.54) is 11.0 Å². The Morgan fingerprint density at radius 1 is 1.47 bits per heavy atom. The van der Waals surface area contributed by atoms with Gasteiger partial charge >= 0.3 is 0 Å². The maximum absolute atomic E-state index is 5.42. The highest BCUT2D eigenvalue weighted by molar-refractivity contribution is 7.80. The zero-order chi connectivity index (χ0) is 12.3. The van der Waals surface area contributed by atoms with Crippen molar-refractivity contribution in [3.05, 3.63) is 24.5 Å². The summed E-state index contributed by atoms with van der Waals surface area (Å²) in [6.45, 7) is 0. The topological polar surface area (TPSA) is 90.9 Å². The van der Waals surface area contributed by atoms with Crippen molar-refractivity contribution in [2.24, 2.45) is 5.73 Å². The van der Waals surface area contributed by atoms with Crippen molar-refractivity contribution in [2.45, 2.75) is 0 Å². The van der Waals surface area contributed by atoms with Crippen LogP contribution in [0.4, 0.5) is 5.69 Å². The monoisotopic (exact) mass is 250 g/mol. The van der Waals surface area contributed by atoms with E-state index in [4.69, 9.17) is 22.7 Å². The third-order valence-corrected chi connectivity index (χ3v) is 2.11. The van der Waals surface area contributed by atoms with Crippen molar-refractivity contribution in [3.8, 4) is 11.4 Å². The van der Waals surface area contributed by atoms with Crippen LogP contribution in [0.15, 0.2) is 24.5 Å². The van der Waals surface area contributed by atoms with E-state index in [9.17, 15) is 0 Å². The lowest BCUT2D eigenvalue weighted by atomic mass is 10.2. The third-order valence-electron chi connectivity index (χ3n) is 2.01. The first-order chi connectivity index (χ1) is 8.19. The van der Waals surface area contributed by atoms with Gasteiger partial charge in [0.2, 0.25) is 0 Å². The smallest absolute Gasteiger partial charge is 0.168 e. The Morgan fingerprint density at radius 2 is 2.29 bits per heavy atom. The van der Waals surface area contributed by atoms with Crippen LogP contribution >= 0.6 is 12.2 Å². The zero-order valence-electron chi connectivity index (χ0n) is 8.99. The molecule has 0 atom stereocenters. The highest BCUT2D eigenvalue weighted by atomic mass is 32.1. The van der Waals surface area contributed by atoms with Crippen molar-refractivity contribution < 1.29 is 4.74 Å². The number of nitrogens with zero attached hydrogens (tertiary/aromatic N) is 4. The molecule has 1 heterocycles. The summed E-state index contributed by atoms with van der Waals surface area (Å²) in [6, 6.07) is 5.37. The number of anilines is 1. The van der Waals surface area contributed by atoms with Gasteiger partial charge in [-0.05, 0) is 28.7 Å². The molecule has 1 aromatic heterocycles. The van der Waals surface area contributed by atoms with E-state index < -0.39 is 0 Å². The van der Waals surface area contributed by atoms with Crippen LogP contribution in [0, 0.1) is 0 Å². The van der Waals surface area contributed by atoms with Gasteiger partial charge in [-0.3, -0.25) is 0 Å². The van der Waals surface area contributed by atoms with Gasteiger partial charge in [-0.1, -0.05) is 0 Å². The SMILES string of the molecule is COc1cc(NC(N)=S)cc(-n2cnnn2)c1. The Balaban J connectivity index is 2.42. The Morgan fingerprint density at radius 3 is 2.88 bits per heavy atom. The Kier molecular flexibility index (Phi) is 3.15. The number of hydrogen-bond acceptors (Lipinski definition) is 5. The van der Waals surface area contributed by atoms with E-state index in [1.54, 1.807) is 25.3 Å². The lowest BCUT2D eigenvalue weighted by Crippen LogP contribution is -2.19. The number of thiocarbonyl (C=S) groups is 1. The number of rotatable bonds is 3. The van der Waals surface area contributed by atoms with E-state index in [1.807, 2.05) is 0 Å². The lowest BCUT2D eigenvalue weighted by Gasteiger charge is -2.09. The molecule has 0 fully saturated rings. The van der Waals surface area contributed by atoms with Gasteiger partial charge in [-0.15, -0.1) is 5.10 Å². The quantitative estimate of drug-likeness (QED) is 0.758. The van der Waals surface area contributed by atoms with Gasteiger partial charge in [0.25, 0.3) is 0 Å². The zero-order valence-corrected chi connectivity index (χ0v) is 9.81.